The molecule has 0 amide bonds. The Morgan fingerprint density at radius 3 is 2.45 bits per heavy atom. The maximum atomic E-state index is 8.76. The third-order valence-electron chi connectivity index (χ3n) is 2.68. The van der Waals surface area contributed by atoms with Crippen LogP contribution in [0, 0.1) is 11.3 Å². The number of ether oxygens (including phenoxy) is 2. The molecule has 4 heteroatoms. The van der Waals surface area contributed by atoms with E-state index < -0.39 is 0 Å². The predicted molar refractivity (Wildman–Crippen MR) is 80.8 cm³/mol. The van der Waals surface area contributed by atoms with Crippen LogP contribution in [0.2, 0.25) is 0 Å². The van der Waals surface area contributed by atoms with Crippen LogP contribution in [-0.2, 0) is 6.61 Å². The van der Waals surface area contributed by atoms with E-state index in [0.717, 1.165) is 15.8 Å². The van der Waals surface area contributed by atoms with Gasteiger partial charge in [-0.25, -0.2) is 0 Å². The smallest absolute Gasteiger partial charge is 0.162 e. The van der Waals surface area contributed by atoms with Gasteiger partial charge in [-0.3, -0.25) is 0 Å². The van der Waals surface area contributed by atoms with Crippen molar-refractivity contribution in [1.82, 2.24) is 0 Å². The predicted octanol–water partition coefficient (Wildman–Crippen LogP) is 4.30. The molecule has 0 aromatic heterocycles. The minimum Gasteiger partial charge on any atom is -0.490 e. The highest BCUT2D eigenvalue weighted by atomic mass is 79.9. The topological polar surface area (TPSA) is 42.2 Å². The van der Waals surface area contributed by atoms with Crippen molar-refractivity contribution in [2.45, 2.75) is 13.5 Å². The lowest BCUT2D eigenvalue weighted by molar-refractivity contribution is 0.269. The highest BCUT2D eigenvalue weighted by Gasteiger charge is 2.06. The van der Waals surface area contributed by atoms with E-state index in [0.29, 0.717) is 24.5 Å². The summed E-state index contributed by atoms with van der Waals surface area (Å²) in [5.74, 6) is 1.43. The molecule has 0 aliphatic rings. The van der Waals surface area contributed by atoms with Crippen molar-refractivity contribution in [2.24, 2.45) is 0 Å². The Hall–Kier alpha value is -1.99. The maximum Gasteiger partial charge on any atom is 0.162 e. The number of halogens is 1. The van der Waals surface area contributed by atoms with Gasteiger partial charge in [0.05, 0.1) is 18.2 Å². The first-order valence-electron chi connectivity index (χ1n) is 6.27. The molecule has 0 N–H and O–H groups in total. The third kappa shape index (κ3) is 3.75. The summed E-state index contributed by atoms with van der Waals surface area (Å²) >= 11 is 3.41. The average Bonchev–Trinajstić information content (AvgIpc) is 2.47. The zero-order chi connectivity index (χ0) is 14.4. The van der Waals surface area contributed by atoms with Crippen LogP contribution in [0.5, 0.6) is 11.5 Å². The Morgan fingerprint density at radius 2 is 1.80 bits per heavy atom. The molecule has 20 heavy (non-hydrogen) atoms. The number of benzene rings is 2. The van der Waals surface area contributed by atoms with E-state index >= 15 is 0 Å². The van der Waals surface area contributed by atoms with Crippen LogP contribution in [0.1, 0.15) is 18.1 Å². The van der Waals surface area contributed by atoms with E-state index in [-0.39, 0.29) is 0 Å². The van der Waals surface area contributed by atoms with Gasteiger partial charge in [0.25, 0.3) is 0 Å². The molecule has 0 radical (unpaired) electrons. The first kappa shape index (κ1) is 14.4. The third-order valence-corrected chi connectivity index (χ3v) is 3.18. The lowest BCUT2D eigenvalue weighted by Crippen LogP contribution is -1.99. The van der Waals surface area contributed by atoms with E-state index in [4.69, 9.17) is 14.7 Å². The minimum absolute atomic E-state index is 0.438. The van der Waals surface area contributed by atoms with Gasteiger partial charge in [-0.2, -0.15) is 5.26 Å². The molecule has 0 atom stereocenters. The number of hydrogen-bond donors (Lipinski definition) is 0. The van der Waals surface area contributed by atoms with Gasteiger partial charge in [0.1, 0.15) is 6.61 Å². The average molecular weight is 332 g/mol. The second kappa shape index (κ2) is 6.97. The molecule has 0 saturated carbocycles. The molecule has 0 saturated heterocycles. The summed E-state index contributed by atoms with van der Waals surface area (Å²) in [6.07, 6.45) is 0. The van der Waals surface area contributed by atoms with Gasteiger partial charge in [-0.1, -0.05) is 28.1 Å². The quantitative estimate of drug-likeness (QED) is 0.820. The SMILES string of the molecule is CCOc1cc(Br)ccc1OCc1ccc(C#N)cc1. The van der Waals surface area contributed by atoms with Crippen molar-refractivity contribution >= 4 is 15.9 Å². The van der Waals surface area contributed by atoms with Crippen molar-refractivity contribution in [3.63, 3.8) is 0 Å². The van der Waals surface area contributed by atoms with Gasteiger partial charge in [-0.15, -0.1) is 0 Å². The van der Waals surface area contributed by atoms with Crippen LogP contribution in [-0.4, -0.2) is 6.61 Å². The molecule has 0 unspecified atom stereocenters. The standard InChI is InChI=1S/C16H14BrNO2/c1-2-19-16-9-14(17)7-8-15(16)20-11-13-5-3-12(10-18)4-6-13/h3-9H,2,11H2,1H3. The minimum atomic E-state index is 0.438. The second-order valence-electron chi connectivity index (χ2n) is 4.12. The molecule has 102 valence electrons. The highest BCUT2D eigenvalue weighted by molar-refractivity contribution is 9.10. The Labute approximate surface area is 126 Å². The lowest BCUT2D eigenvalue weighted by atomic mass is 10.1. The van der Waals surface area contributed by atoms with Gasteiger partial charge in [0.2, 0.25) is 0 Å². The molecule has 2 aromatic carbocycles. The number of rotatable bonds is 5. The summed E-state index contributed by atoms with van der Waals surface area (Å²) in [6.45, 7) is 2.96. The zero-order valence-electron chi connectivity index (χ0n) is 11.1. The van der Waals surface area contributed by atoms with Crippen LogP contribution in [0.15, 0.2) is 46.9 Å². The van der Waals surface area contributed by atoms with Gasteiger partial charge >= 0.3 is 0 Å². The Bertz CT molecular complexity index is 617. The molecular weight excluding hydrogens is 318 g/mol. The van der Waals surface area contributed by atoms with E-state index in [1.807, 2.05) is 37.3 Å². The fourth-order valence-electron chi connectivity index (χ4n) is 1.71. The normalized spacial score (nSPS) is 9.85. The van der Waals surface area contributed by atoms with Gasteiger partial charge < -0.3 is 9.47 Å². The molecule has 0 bridgehead atoms. The van der Waals surface area contributed by atoms with Gasteiger partial charge in [0, 0.05) is 4.47 Å². The van der Waals surface area contributed by atoms with Crippen LogP contribution < -0.4 is 9.47 Å². The number of nitriles is 1. The van der Waals surface area contributed by atoms with Crippen LogP contribution in [0.3, 0.4) is 0 Å². The van der Waals surface area contributed by atoms with E-state index in [1.54, 1.807) is 12.1 Å². The molecule has 3 nitrogen and oxygen atoms in total. The Balaban J connectivity index is 2.08. The molecule has 0 aliphatic heterocycles. The first-order valence-corrected chi connectivity index (χ1v) is 7.06. The van der Waals surface area contributed by atoms with Crippen LogP contribution in [0.4, 0.5) is 0 Å². The van der Waals surface area contributed by atoms with Crippen molar-refractivity contribution in [2.75, 3.05) is 6.61 Å². The van der Waals surface area contributed by atoms with E-state index in [9.17, 15) is 0 Å². The molecule has 0 heterocycles. The molecular formula is C16H14BrNO2. The Morgan fingerprint density at radius 1 is 1.05 bits per heavy atom. The van der Waals surface area contributed by atoms with Crippen LogP contribution >= 0.6 is 15.9 Å². The summed E-state index contributed by atoms with van der Waals surface area (Å²) < 4.78 is 12.3. The largest absolute Gasteiger partial charge is 0.490 e. The summed E-state index contributed by atoms with van der Waals surface area (Å²) in [7, 11) is 0. The summed E-state index contributed by atoms with van der Waals surface area (Å²) in [4.78, 5) is 0. The van der Waals surface area contributed by atoms with E-state index in [2.05, 4.69) is 22.0 Å². The molecule has 2 rings (SSSR count). The maximum absolute atomic E-state index is 8.76. The highest BCUT2D eigenvalue weighted by Crippen LogP contribution is 2.31. The van der Waals surface area contributed by atoms with Crippen molar-refractivity contribution in [1.29, 1.82) is 5.26 Å². The summed E-state index contributed by atoms with van der Waals surface area (Å²) in [5.41, 5.74) is 1.65. The fraction of sp³-hybridized carbons (Fsp3) is 0.188. The molecule has 0 aliphatic carbocycles. The van der Waals surface area contributed by atoms with E-state index in [1.165, 1.54) is 0 Å². The second-order valence-corrected chi connectivity index (χ2v) is 5.04. The van der Waals surface area contributed by atoms with Crippen LogP contribution in [0.25, 0.3) is 0 Å². The molecule has 2 aromatic rings. The monoisotopic (exact) mass is 331 g/mol. The number of hydrogen-bond acceptors (Lipinski definition) is 3. The number of nitrogens with zero attached hydrogens (tertiary/aromatic N) is 1. The van der Waals surface area contributed by atoms with Gasteiger partial charge in [-0.05, 0) is 42.8 Å². The van der Waals surface area contributed by atoms with Crippen molar-refractivity contribution in [3.8, 4) is 17.6 Å². The van der Waals surface area contributed by atoms with Crippen molar-refractivity contribution in [3.05, 3.63) is 58.1 Å². The summed E-state index contributed by atoms with van der Waals surface area (Å²) in [5, 5.41) is 8.76. The first-order chi connectivity index (χ1) is 9.72. The fourth-order valence-corrected chi connectivity index (χ4v) is 2.05. The zero-order valence-corrected chi connectivity index (χ0v) is 12.7. The lowest BCUT2D eigenvalue weighted by Gasteiger charge is -2.12. The summed E-state index contributed by atoms with van der Waals surface area (Å²) in [6, 6.07) is 15.1. The van der Waals surface area contributed by atoms with Crippen molar-refractivity contribution < 1.29 is 9.47 Å². The van der Waals surface area contributed by atoms with Gasteiger partial charge in [0.15, 0.2) is 11.5 Å². The Kier molecular flexibility index (Phi) is 5.03. The molecule has 0 fully saturated rings. The molecule has 0 spiro atoms.